The molecular weight excluding hydrogens is 477 g/mol. The van der Waals surface area contributed by atoms with E-state index in [1.165, 1.54) is 0 Å². The first-order valence-electron chi connectivity index (χ1n) is 9.30. The van der Waals surface area contributed by atoms with Crippen LogP contribution in [0.3, 0.4) is 0 Å². The maximum absolute atomic E-state index is 12.1. The van der Waals surface area contributed by atoms with Gasteiger partial charge in [0.15, 0.2) is 5.96 Å². The van der Waals surface area contributed by atoms with Gasteiger partial charge >= 0.3 is 0 Å². The van der Waals surface area contributed by atoms with Crippen LogP contribution in [0.5, 0.6) is 0 Å². The van der Waals surface area contributed by atoms with Crippen LogP contribution in [-0.2, 0) is 26.0 Å². The molecule has 1 saturated heterocycles. The van der Waals surface area contributed by atoms with E-state index in [2.05, 4.69) is 15.6 Å². The van der Waals surface area contributed by atoms with Crippen molar-refractivity contribution in [2.75, 3.05) is 45.7 Å². The van der Waals surface area contributed by atoms with Crippen LogP contribution in [0.4, 0.5) is 0 Å². The first kappa shape index (κ1) is 24.3. The molecule has 0 aromatic heterocycles. The smallest absolute Gasteiger partial charge is 0.191 e. The molecule has 2 unspecified atom stereocenters. The molecule has 0 amide bonds. The summed E-state index contributed by atoms with van der Waals surface area (Å²) in [5.41, 5.74) is 1.11. The maximum Gasteiger partial charge on any atom is 0.191 e. The highest BCUT2D eigenvalue weighted by Gasteiger charge is 2.14. The third kappa shape index (κ3) is 11.0. The molecule has 2 atom stereocenters. The predicted octanol–water partition coefficient (Wildman–Crippen LogP) is 2.30. The summed E-state index contributed by atoms with van der Waals surface area (Å²) in [6.07, 6.45) is 3.45. The van der Waals surface area contributed by atoms with Crippen LogP contribution in [-0.4, -0.2) is 62.0 Å². The van der Waals surface area contributed by atoms with E-state index in [9.17, 15) is 4.21 Å². The number of aliphatic imine (C=N–C) groups is 1. The van der Waals surface area contributed by atoms with Gasteiger partial charge in [0.2, 0.25) is 0 Å². The molecule has 1 heterocycles. The van der Waals surface area contributed by atoms with Gasteiger partial charge in [-0.15, -0.1) is 24.0 Å². The molecular formula is C19H32IN3O3S. The molecule has 2 N–H and O–H groups in total. The fourth-order valence-electron chi connectivity index (χ4n) is 2.71. The highest BCUT2D eigenvalue weighted by Crippen LogP contribution is 2.11. The minimum absolute atomic E-state index is 0. The topological polar surface area (TPSA) is 72.0 Å². The van der Waals surface area contributed by atoms with E-state index in [4.69, 9.17) is 9.47 Å². The average molecular weight is 509 g/mol. The molecule has 27 heavy (non-hydrogen) atoms. The number of rotatable bonds is 11. The average Bonchev–Trinajstić information content (AvgIpc) is 3.17. The van der Waals surface area contributed by atoms with Gasteiger partial charge in [-0.25, -0.2) is 0 Å². The van der Waals surface area contributed by atoms with Crippen LogP contribution < -0.4 is 10.6 Å². The van der Waals surface area contributed by atoms with Gasteiger partial charge in [0.25, 0.3) is 0 Å². The fourth-order valence-corrected chi connectivity index (χ4v) is 3.75. The van der Waals surface area contributed by atoms with E-state index in [1.54, 1.807) is 7.05 Å². The SMILES string of the molecule is CN=C(NCCCOCC1CCCO1)NCCS(=O)Cc1ccccc1.I. The summed E-state index contributed by atoms with van der Waals surface area (Å²) >= 11 is 0. The van der Waals surface area contributed by atoms with E-state index in [-0.39, 0.29) is 30.1 Å². The first-order valence-corrected chi connectivity index (χ1v) is 10.8. The summed E-state index contributed by atoms with van der Waals surface area (Å²) < 4.78 is 23.3. The van der Waals surface area contributed by atoms with Gasteiger partial charge < -0.3 is 20.1 Å². The van der Waals surface area contributed by atoms with Crippen LogP contribution in [0, 0.1) is 0 Å². The Balaban J connectivity index is 0.00000364. The molecule has 8 heteroatoms. The second-order valence-electron chi connectivity index (χ2n) is 6.26. The largest absolute Gasteiger partial charge is 0.379 e. The third-order valence-electron chi connectivity index (χ3n) is 4.10. The van der Waals surface area contributed by atoms with Gasteiger partial charge in [-0.1, -0.05) is 30.3 Å². The molecule has 1 aromatic carbocycles. The summed E-state index contributed by atoms with van der Waals surface area (Å²) in [6.45, 7) is 3.70. The van der Waals surface area contributed by atoms with Gasteiger partial charge in [0.1, 0.15) is 0 Å². The van der Waals surface area contributed by atoms with Gasteiger partial charge in [0.05, 0.1) is 12.7 Å². The zero-order valence-electron chi connectivity index (χ0n) is 16.0. The molecule has 154 valence electrons. The summed E-state index contributed by atoms with van der Waals surface area (Å²) in [7, 11) is 0.862. The molecule has 0 aliphatic carbocycles. The second-order valence-corrected chi connectivity index (χ2v) is 7.84. The van der Waals surface area contributed by atoms with Crippen LogP contribution >= 0.6 is 24.0 Å². The Morgan fingerprint density at radius 2 is 2.07 bits per heavy atom. The molecule has 0 bridgehead atoms. The quantitative estimate of drug-likeness (QED) is 0.207. The van der Waals surface area contributed by atoms with Crippen molar-refractivity contribution in [2.24, 2.45) is 4.99 Å². The molecule has 0 spiro atoms. The second kappa shape index (κ2) is 15.2. The number of guanidine groups is 1. The molecule has 2 rings (SSSR count). The summed E-state index contributed by atoms with van der Waals surface area (Å²) in [6, 6.07) is 9.93. The number of nitrogens with zero attached hydrogens (tertiary/aromatic N) is 1. The Bertz CT molecular complexity index is 554. The highest BCUT2D eigenvalue weighted by molar-refractivity contribution is 14.0. The lowest BCUT2D eigenvalue weighted by molar-refractivity contribution is 0.0168. The van der Waals surface area contributed by atoms with E-state index in [1.807, 2.05) is 30.3 Å². The van der Waals surface area contributed by atoms with Crippen LogP contribution in [0.15, 0.2) is 35.3 Å². The number of benzene rings is 1. The summed E-state index contributed by atoms with van der Waals surface area (Å²) in [5, 5.41) is 6.46. The van der Waals surface area contributed by atoms with Crippen molar-refractivity contribution < 1.29 is 13.7 Å². The zero-order chi connectivity index (χ0) is 18.5. The number of hydrogen-bond acceptors (Lipinski definition) is 4. The van der Waals surface area contributed by atoms with E-state index in [0.717, 1.165) is 43.9 Å². The molecule has 1 fully saturated rings. The van der Waals surface area contributed by atoms with Crippen LogP contribution in [0.1, 0.15) is 24.8 Å². The zero-order valence-corrected chi connectivity index (χ0v) is 19.2. The molecule has 0 saturated carbocycles. The monoisotopic (exact) mass is 509 g/mol. The standard InChI is InChI=1S/C19H31N3O3S.HI/c1-20-19(21-10-6-12-24-15-18-9-5-13-25-18)22-11-14-26(23)16-17-7-3-2-4-8-17;/h2-4,7-8,18H,5-6,9-16H2,1H3,(H2,20,21,22);1H. The summed E-state index contributed by atoms with van der Waals surface area (Å²) in [4.78, 5) is 4.18. The highest BCUT2D eigenvalue weighted by atomic mass is 127. The van der Waals surface area contributed by atoms with Crippen molar-refractivity contribution in [3.63, 3.8) is 0 Å². The third-order valence-corrected chi connectivity index (χ3v) is 5.42. The Morgan fingerprint density at radius 3 is 2.78 bits per heavy atom. The number of halogens is 1. The van der Waals surface area contributed by atoms with Gasteiger partial charge in [0, 0.05) is 55.7 Å². The predicted molar refractivity (Wildman–Crippen MR) is 122 cm³/mol. The molecule has 6 nitrogen and oxygen atoms in total. The van der Waals surface area contributed by atoms with Crippen molar-refractivity contribution in [1.29, 1.82) is 0 Å². The Hall–Kier alpha value is -0.710. The minimum atomic E-state index is -0.878. The molecule has 1 aliphatic heterocycles. The Labute approximate surface area is 182 Å². The molecule has 0 radical (unpaired) electrons. The van der Waals surface area contributed by atoms with Gasteiger partial charge in [-0.05, 0) is 24.8 Å². The fraction of sp³-hybridized carbons (Fsp3) is 0.632. The lowest BCUT2D eigenvalue weighted by Crippen LogP contribution is -2.39. The van der Waals surface area contributed by atoms with Crippen molar-refractivity contribution in [2.45, 2.75) is 31.1 Å². The van der Waals surface area contributed by atoms with Gasteiger partial charge in [-0.3, -0.25) is 9.20 Å². The van der Waals surface area contributed by atoms with Crippen LogP contribution in [0.25, 0.3) is 0 Å². The first-order chi connectivity index (χ1) is 12.8. The van der Waals surface area contributed by atoms with E-state index in [0.29, 0.717) is 31.3 Å². The van der Waals surface area contributed by atoms with Crippen molar-refractivity contribution in [3.05, 3.63) is 35.9 Å². The Morgan fingerprint density at radius 1 is 1.30 bits per heavy atom. The van der Waals surface area contributed by atoms with Crippen molar-refractivity contribution in [3.8, 4) is 0 Å². The number of ether oxygens (including phenoxy) is 2. The normalized spacial score (nSPS) is 18.0. The van der Waals surface area contributed by atoms with Crippen molar-refractivity contribution >= 4 is 40.7 Å². The van der Waals surface area contributed by atoms with E-state index >= 15 is 0 Å². The minimum Gasteiger partial charge on any atom is -0.379 e. The maximum atomic E-state index is 12.1. The lowest BCUT2D eigenvalue weighted by atomic mass is 10.2. The van der Waals surface area contributed by atoms with Crippen LogP contribution in [0.2, 0.25) is 0 Å². The summed E-state index contributed by atoms with van der Waals surface area (Å²) in [5.74, 6) is 1.93. The van der Waals surface area contributed by atoms with Crippen molar-refractivity contribution in [1.82, 2.24) is 10.6 Å². The Kier molecular flexibility index (Phi) is 13.7. The van der Waals surface area contributed by atoms with Gasteiger partial charge in [-0.2, -0.15) is 0 Å². The lowest BCUT2D eigenvalue weighted by Gasteiger charge is -2.13. The molecule has 1 aliphatic rings. The van der Waals surface area contributed by atoms with E-state index < -0.39 is 10.8 Å². The molecule has 1 aromatic rings. The number of nitrogens with one attached hydrogen (secondary N) is 2. The number of hydrogen-bond donors (Lipinski definition) is 2.